The molecule has 4 atom stereocenters. The number of carbonyl (C=O) groups is 4. The van der Waals surface area contributed by atoms with Gasteiger partial charge in [0.1, 0.15) is 23.4 Å². The van der Waals surface area contributed by atoms with Gasteiger partial charge in [-0.3, -0.25) is 14.4 Å². The van der Waals surface area contributed by atoms with Crippen LogP contribution in [0.5, 0.6) is 5.75 Å². The van der Waals surface area contributed by atoms with Crippen LogP contribution < -0.4 is 20.3 Å². The number of aromatic amines is 1. The van der Waals surface area contributed by atoms with Gasteiger partial charge in [0.05, 0.1) is 47.5 Å². The van der Waals surface area contributed by atoms with Crippen LogP contribution in [0.4, 0.5) is 29.5 Å². The van der Waals surface area contributed by atoms with Crippen LogP contribution in [0.2, 0.25) is 5.02 Å². The third kappa shape index (κ3) is 11.0. The zero-order chi connectivity index (χ0) is 46.8. The predicted octanol–water partition coefficient (Wildman–Crippen LogP) is 8.09. The number of pyridine rings is 1. The molecule has 3 fully saturated rings. The highest BCUT2D eigenvalue weighted by atomic mass is 35.5. The molecule has 7 rings (SSSR count). The normalized spacial score (nSPS) is 20.0. The molecule has 19 heteroatoms. The van der Waals surface area contributed by atoms with E-state index in [4.69, 9.17) is 21.1 Å². The predicted molar refractivity (Wildman–Crippen MR) is 237 cm³/mol. The van der Waals surface area contributed by atoms with Crippen LogP contribution in [-0.2, 0) is 19.1 Å². The summed E-state index contributed by atoms with van der Waals surface area (Å²) in [7, 11) is 1.25. The van der Waals surface area contributed by atoms with E-state index in [1.165, 1.54) is 19.4 Å². The van der Waals surface area contributed by atoms with Crippen LogP contribution in [0.3, 0.4) is 0 Å². The molecule has 0 bridgehead atoms. The number of benzene rings is 2. The van der Waals surface area contributed by atoms with Crippen molar-refractivity contribution in [3.63, 3.8) is 0 Å². The Morgan fingerprint density at radius 3 is 2.28 bits per heavy atom. The Morgan fingerprint density at radius 2 is 1.65 bits per heavy atom. The second kappa shape index (κ2) is 19.3. The Bertz CT molecular complexity index is 2370. The van der Waals surface area contributed by atoms with E-state index in [0.29, 0.717) is 92.8 Å². The highest BCUT2D eigenvalue weighted by Crippen LogP contribution is 2.40. The molecule has 15 nitrogen and oxygen atoms in total. The highest BCUT2D eigenvalue weighted by Gasteiger charge is 2.42. The van der Waals surface area contributed by atoms with Gasteiger partial charge in [-0.05, 0) is 73.4 Å². The largest absolute Gasteiger partial charge is 0.573 e. The van der Waals surface area contributed by atoms with Crippen molar-refractivity contribution in [2.24, 2.45) is 17.3 Å². The first-order valence-electron chi connectivity index (χ1n) is 21.6. The Kier molecular flexibility index (Phi) is 14.0. The van der Waals surface area contributed by atoms with Gasteiger partial charge in [-0.25, -0.2) is 14.8 Å². The average Bonchev–Trinajstić information content (AvgIpc) is 3.92. The SMILES string of the molecule is COC(=O)NC(C(=O)N1CC(C)CC1c1ncc(-c2ccc(-c3cc(Cl)c(C(=O)Nc4ccc(N5CCN(C(=O)C(C)(C)C)CC5C)nc4)cc3OC(F)(F)F)cc2)[nH]1)C1CCOCC1. The number of imidazole rings is 1. The summed E-state index contributed by atoms with van der Waals surface area (Å²) in [6.45, 7) is 12.8. The number of hydrogen-bond donors (Lipinski definition) is 3. The van der Waals surface area contributed by atoms with Crippen molar-refractivity contribution < 1.29 is 46.6 Å². The first kappa shape index (κ1) is 47.1. The molecular weight excluding hydrogens is 869 g/mol. The van der Waals surface area contributed by atoms with Gasteiger partial charge in [-0.15, -0.1) is 13.2 Å². The minimum atomic E-state index is -5.09. The van der Waals surface area contributed by atoms with Crippen LogP contribution in [0, 0.1) is 17.3 Å². The summed E-state index contributed by atoms with van der Waals surface area (Å²) in [6, 6.07) is 11.0. The molecule has 0 saturated carbocycles. The number of nitrogens with zero attached hydrogens (tertiary/aromatic N) is 5. The van der Waals surface area contributed by atoms with Crippen molar-refractivity contribution in [1.82, 2.24) is 30.1 Å². The van der Waals surface area contributed by atoms with E-state index in [9.17, 15) is 32.3 Å². The van der Waals surface area contributed by atoms with E-state index < -0.39 is 41.6 Å². The number of likely N-dealkylation sites (tertiary alicyclic amines) is 1. The lowest BCUT2D eigenvalue weighted by molar-refractivity contribution is -0.274. The lowest BCUT2D eigenvalue weighted by Crippen LogP contribution is -2.56. The quantitative estimate of drug-likeness (QED) is 0.141. The number of piperazine rings is 1. The number of aromatic nitrogens is 3. The summed E-state index contributed by atoms with van der Waals surface area (Å²) in [5.41, 5.74) is 1.16. The zero-order valence-electron chi connectivity index (χ0n) is 37.1. The number of alkyl carbamates (subject to hydrolysis) is 1. The van der Waals surface area contributed by atoms with Gasteiger partial charge in [0.15, 0.2) is 0 Å². The molecule has 3 aliphatic heterocycles. The molecule has 0 radical (unpaired) electrons. The maximum Gasteiger partial charge on any atom is 0.573 e. The average molecular weight is 923 g/mol. The maximum absolute atomic E-state index is 14.1. The second-order valence-electron chi connectivity index (χ2n) is 17.9. The molecule has 2 aromatic carbocycles. The van der Waals surface area contributed by atoms with Crippen LogP contribution in [0.1, 0.15) is 76.1 Å². The number of amides is 4. The number of ether oxygens (including phenoxy) is 3. The van der Waals surface area contributed by atoms with E-state index in [0.717, 1.165) is 6.07 Å². The van der Waals surface area contributed by atoms with Gasteiger partial charge in [-0.1, -0.05) is 63.6 Å². The number of halogens is 4. The van der Waals surface area contributed by atoms with Gasteiger partial charge in [-0.2, -0.15) is 0 Å². The fourth-order valence-electron chi connectivity index (χ4n) is 8.77. The van der Waals surface area contributed by atoms with Gasteiger partial charge < -0.3 is 44.5 Å². The minimum absolute atomic E-state index is 0.00101. The van der Waals surface area contributed by atoms with Crippen LogP contribution in [0.25, 0.3) is 22.4 Å². The smallest absolute Gasteiger partial charge is 0.453 e. The lowest BCUT2D eigenvalue weighted by Gasteiger charge is -2.42. The van der Waals surface area contributed by atoms with Crippen LogP contribution >= 0.6 is 11.6 Å². The molecule has 3 saturated heterocycles. The Hall–Kier alpha value is -5.88. The number of hydrogen-bond acceptors (Lipinski definition) is 10. The molecule has 4 aromatic rings. The summed E-state index contributed by atoms with van der Waals surface area (Å²) < 4.78 is 56.3. The summed E-state index contributed by atoms with van der Waals surface area (Å²) >= 11 is 6.60. The molecular formula is C46H54ClF3N8O7. The first-order valence-corrected chi connectivity index (χ1v) is 22.0. The number of methoxy groups -OCH3 is 1. The fourth-order valence-corrected chi connectivity index (χ4v) is 9.02. The summed E-state index contributed by atoms with van der Waals surface area (Å²) in [6.07, 6.45) is -0.836. The second-order valence-corrected chi connectivity index (χ2v) is 18.4. The number of H-pyrrole nitrogens is 1. The first-order chi connectivity index (χ1) is 30.8. The molecule has 0 spiro atoms. The van der Waals surface area contributed by atoms with Crippen molar-refractivity contribution in [1.29, 1.82) is 0 Å². The Balaban J connectivity index is 1.05. The highest BCUT2D eigenvalue weighted by molar-refractivity contribution is 6.35. The monoisotopic (exact) mass is 922 g/mol. The van der Waals surface area contributed by atoms with E-state index in [2.05, 4.69) is 35.2 Å². The van der Waals surface area contributed by atoms with E-state index in [-0.39, 0.29) is 45.8 Å². The molecule has 0 aliphatic carbocycles. The van der Waals surface area contributed by atoms with Gasteiger partial charge in [0.25, 0.3) is 5.91 Å². The van der Waals surface area contributed by atoms with Crippen molar-refractivity contribution >= 4 is 46.9 Å². The molecule has 3 N–H and O–H groups in total. The standard InChI is InChI=1S/C46H54ClF3N8O7/c1-26-19-36(58(24-26)42(60)39(55-44(62)63-6)30-13-17-64-18-14-30)40-52-23-35(54-40)29-9-7-28(8-10-29)32-20-34(47)33(21-37(32)65-46(48,49)50)41(59)53-31-11-12-38(51-22-31)57-16-15-56(25-27(57)2)43(61)45(3,4)5/h7-12,20-23,26-27,30,36,39H,13-19,24-25H2,1-6H3,(H,52,54)(H,53,59)(H,55,62). The number of rotatable bonds is 10. The van der Waals surface area contributed by atoms with Gasteiger partial charge in [0.2, 0.25) is 11.8 Å². The number of anilines is 2. The van der Waals surface area contributed by atoms with Crippen LogP contribution in [0.15, 0.2) is 60.9 Å². The maximum atomic E-state index is 14.1. The zero-order valence-corrected chi connectivity index (χ0v) is 37.9. The minimum Gasteiger partial charge on any atom is -0.453 e. The van der Waals surface area contributed by atoms with E-state index in [1.54, 1.807) is 47.5 Å². The summed E-state index contributed by atoms with van der Waals surface area (Å²) in [5.74, 6) is -0.318. The Morgan fingerprint density at radius 1 is 0.938 bits per heavy atom. The fraction of sp³-hybridized carbons (Fsp3) is 0.478. The molecule has 65 heavy (non-hydrogen) atoms. The van der Waals surface area contributed by atoms with Crippen molar-refractivity contribution in [2.45, 2.75) is 78.4 Å². The summed E-state index contributed by atoms with van der Waals surface area (Å²) in [5, 5.41) is 5.31. The van der Waals surface area contributed by atoms with Gasteiger partial charge >= 0.3 is 12.5 Å². The molecule has 2 aromatic heterocycles. The van der Waals surface area contributed by atoms with Crippen molar-refractivity contribution in [2.75, 3.05) is 56.7 Å². The summed E-state index contributed by atoms with van der Waals surface area (Å²) in [4.78, 5) is 70.9. The third-order valence-electron chi connectivity index (χ3n) is 12.1. The van der Waals surface area contributed by atoms with Crippen LogP contribution in [-0.4, -0.2) is 114 Å². The van der Waals surface area contributed by atoms with Crippen molar-refractivity contribution in [3.05, 3.63) is 77.3 Å². The van der Waals surface area contributed by atoms with Gasteiger partial charge in [0, 0.05) is 56.4 Å². The lowest BCUT2D eigenvalue weighted by atomic mass is 9.90. The Labute approximate surface area is 380 Å². The molecule has 4 unspecified atom stereocenters. The van der Waals surface area contributed by atoms with E-state index in [1.807, 2.05) is 39.5 Å². The molecule has 3 aliphatic rings. The number of alkyl halides is 3. The number of carbonyl (C=O) groups excluding carboxylic acids is 4. The molecule has 4 amide bonds. The third-order valence-corrected chi connectivity index (χ3v) is 12.4. The van der Waals surface area contributed by atoms with Crippen molar-refractivity contribution in [3.8, 4) is 28.1 Å². The molecule has 348 valence electrons. The van der Waals surface area contributed by atoms with E-state index >= 15 is 0 Å². The molecule has 5 heterocycles. The number of nitrogens with one attached hydrogen (secondary N) is 3. The topological polar surface area (TPSA) is 171 Å².